The molecule has 1 heterocycles. The summed E-state index contributed by atoms with van der Waals surface area (Å²) in [5.74, 6) is -0.193. The van der Waals surface area contributed by atoms with Crippen LogP contribution in [0, 0.1) is 0 Å². The van der Waals surface area contributed by atoms with Gasteiger partial charge in [0.1, 0.15) is 4.90 Å². The number of H-pyrrole nitrogens is 1. The molecule has 1 amide bonds. The quantitative estimate of drug-likeness (QED) is 0.751. The van der Waals surface area contributed by atoms with Gasteiger partial charge in [-0.3, -0.25) is 14.6 Å². The molecule has 0 spiro atoms. The molecule has 124 valence electrons. The Balaban J connectivity index is 2.10. The van der Waals surface area contributed by atoms with E-state index >= 15 is 0 Å². The zero-order valence-electron chi connectivity index (χ0n) is 13.3. The third-order valence-corrected chi connectivity index (χ3v) is 4.87. The number of benzene rings is 1. The Morgan fingerprint density at radius 3 is 2.43 bits per heavy atom. The van der Waals surface area contributed by atoms with E-state index in [0.717, 1.165) is 6.42 Å². The van der Waals surface area contributed by atoms with Crippen LogP contribution in [0.5, 0.6) is 0 Å². The molecular formula is C15H20N4O3S. The molecular weight excluding hydrogens is 316 g/mol. The number of aromatic amines is 1. The maximum absolute atomic E-state index is 12.1. The van der Waals surface area contributed by atoms with Gasteiger partial charge in [-0.05, 0) is 44.5 Å². The average Bonchev–Trinajstić information content (AvgIpc) is 3.02. The molecule has 0 aliphatic carbocycles. The fraction of sp³-hybridized carbons (Fsp3) is 0.333. The van der Waals surface area contributed by atoms with E-state index in [9.17, 15) is 13.2 Å². The molecule has 3 N–H and O–H groups in total. The molecule has 0 fully saturated rings. The Hall–Kier alpha value is -2.35. The first-order valence-electron chi connectivity index (χ1n) is 7.18. The van der Waals surface area contributed by atoms with Crippen LogP contribution in [0.2, 0.25) is 0 Å². The average molecular weight is 336 g/mol. The van der Waals surface area contributed by atoms with Gasteiger partial charge in [0.25, 0.3) is 15.9 Å². The number of carbonyl (C=O) groups is 1. The third kappa shape index (κ3) is 4.32. The van der Waals surface area contributed by atoms with Gasteiger partial charge in [0.05, 0.1) is 6.20 Å². The summed E-state index contributed by atoms with van der Waals surface area (Å²) in [6.07, 6.45) is 3.31. The maximum Gasteiger partial charge on any atom is 0.265 e. The van der Waals surface area contributed by atoms with Crippen molar-refractivity contribution in [3.8, 4) is 0 Å². The summed E-state index contributed by atoms with van der Waals surface area (Å²) >= 11 is 0. The van der Waals surface area contributed by atoms with Gasteiger partial charge >= 0.3 is 0 Å². The Labute approximate surface area is 135 Å². The first-order valence-corrected chi connectivity index (χ1v) is 8.66. The Kier molecular flexibility index (Phi) is 4.74. The van der Waals surface area contributed by atoms with Crippen molar-refractivity contribution in [1.82, 2.24) is 15.5 Å². The van der Waals surface area contributed by atoms with Crippen LogP contribution in [0.15, 0.2) is 41.6 Å². The molecule has 1 aromatic heterocycles. The van der Waals surface area contributed by atoms with E-state index in [4.69, 9.17) is 0 Å². The van der Waals surface area contributed by atoms with Crippen LogP contribution < -0.4 is 10.0 Å². The monoisotopic (exact) mass is 336 g/mol. The van der Waals surface area contributed by atoms with Gasteiger partial charge in [-0.2, -0.15) is 5.10 Å². The molecule has 0 saturated carbocycles. The standard InChI is InChI=1S/C15H20N4O3S/c1-4-15(2,3)18-14(20)11-5-7-12(8-6-11)19-23(21,22)13-9-16-17-10-13/h5-10,19H,4H2,1-3H3,(H,16,17)(H,18,20). The minimum absolute atomic E-state index is 0.0454. The number of rotatable bonds is 6. The lowest BCUT2D eigenvalue weighted by Crippen LogP contribution is -2.42. The smallest absolute Gasteiger partial charge is 0.265 e. The van der Waals surface area contributed by atoms with Gasteiger partial charge in [0.2, 0.25) is 0 Å². The molecule has 0 aliphatic rings. The first kappa shape index (κ1) is 17.0. The number of hydrogen-bond donors (Lipinski definition) is 3. The number of sulfonamides is 1. The maximum atomic E-state index is 12.1. The fourth-order valence-corrected chi connectivity index (χ4v) is 2.72. The molecule has 1 aromatic carbocycles. The highest BCUT2D eigenvalue weighted by molar-refractivity contribution is 7.92. The Bertz CT molecular complexity index is 766. The zero-order valence-corrected chi connectivity index (χ0v) is 14.1. The summed E-state index contributed by atoms with van der Waals surface area (Å²) in [5.41, 5.74) is 0.550. The van der Waals surface area contributed by atoms with Crippen LogP contribution >= 0.6 is 0 Å². The summed E-state index contributed by atoms with van der Waals surface area (Å²) < 4.78 is 26.5. The van der Waals surface area contributed by atoms with Crippen molar-refractivity contribution in [3.63, 3.8) is 0 Å². The van der Waals surface area contributed by atoms with Gasteiger partial charge in [0.15, 0.2) is 0 Å². The molecule has 8 heteroatoms. The number of amides is 1. The van der Waals surface area contributed by atoms with E-state index in [1.807, 2.05) is 20.8 Å². The number of aromatic nitrogens is 2. The number of anilines is 1. The minimum atomic E-state index is -3.68. The molecule has 7 nitrogen and oxygen atoms in total. The molecule has 2 aromatic rings. The van der Waals surface area contributed by atoms with E-state index in [2.05, 4.69) is 20.2 Å². The first-order chi connectivity index (χ1) is 10.7. The van der Waals surface area contributed by atoms with E-state index in [-0.39, 0.29) is 16.3 Å². The second-order valence-corrected chi connectivity index (χ2v) is 7.49. The Morgan fingerprint density at radius 2 is 1.91 bits per heavy atom. The van der Waals surface area contributed by atoms with Crippen LogP contribution in [0.25, 0.3) is 0 Å². The lowest BCUT2D eigenvalue weighted by atomic mass is 10.0. The SMILES string of the molecule is CCC(C)(C)NC(=O)c1ccc(NS(=O)(=O)c2cn[nH]c2)cc1. The molecule has 0 atom stereocenters. The number of carbonyl (C=O) groups excluding carboxylic acids is 1. The van der Waals surface area contributed by atoms with Crippen LogP contribution in [-0.4, -0.2) is 30.1 Å². The molecule has 0 unspecified atom stereocenters. The molecule has 0 bridgehead atoms. The molecule has 2 rings (SSSR count). The second-order valence-electron chi connectivity index (χ2n) is 5.81. The van der Waals surface area contributed by atoms with Gasteiger partial charge < -0.3 is 5.32 Å². The molecule has 23 heavy (non-hydrogen) atoms. The minimum Gasteiger partial charge on any atom is -0.347 e. The van der Waals surface area contributed by atoms with Gasteiger partial charge in [-0.15, -0.1) is 0 Å². The van der Waals surface area contributed by atoms with Crippen molar-refractivity contribution in [2.75, 3.05) is 4.72 Å². The summed E-state index contributed by atoms with van der Waals surface area (Å²) in [4.78, 5) is 12.2. The van der Waals surface area contributed by atoms with Crippen molar-refractivity contribution in [1.29, 1.82) is 0 Å². The lowest BCUT2D eigenvalue weighted by molar-refractivity contribution is 0.0911. The second kappa shape index (κ2) is 6.41. The van der Waals surface area contributed by atoms with E-state index < -0.39 is 10.0 Å². The molecule has 0 saturated heterocycles. The highest BCUT2D eigenvalue weighted by Crippen LogP contribution is 2.16. The highest BCUT2D eigenvalue weighted by atomic mass is 32.2. The van der Waals surface area contributed by atoms with Gasteiger partial charge in [0, 0.05) is 23.0 Å². The largest absolute Gasteiger partial charge is 0.347 e. The number of hydrogen-bond acceptors (Lipinski definition) is 4. The predicted molar refractivity (Wildman–Crippen MR) is 87.7 cm³/mol. The third-order valence-electron chi connectivity index (χ3n) is 3.52. The summed E-state index contributed by atoms with van der Waals surface area (Å²) in [6, 6.07) is 6.25. The van der Waals surface area contributed by atoms with Crippen molar-refractivity contribution < 1.29 is 13.2 Å². The van der Waals surface area contributed by atoms with Crippen molar-refractivity contribution >= 4 is 21.6 Å². The fourth-order valence-electron chi connectivity index (χ4n) is 1.76. The normalized spacial score (nSPS) is 12.0. The van der Waals surface area contributed by atoms with Crippen molar-refractivity contribution in [2.24, 2.45) is 0 Å². The number of nitrogens with one attached hydrogen (secondary N) is 3. The van der Waals surface area contributed by atoms with Crippen LogP contribution in [0.1, 0.15) is 37.6 Å². The van der Waals surface area contributed by atoms with Crippen LogP contribution in [-0.2, 0) is 10.0 Å². The Morgan fingerprint density at radius 1 is 1.26 bits per heavy atom. The van der Waals surface area contributed by atoms with E-state index in [0.29, 0.717) is 11.3 Å². The summed E-state index contributed by atoms with van der Waals surface area (Å²) in [5, 5.41) is 8.99. The highest BCUT2D eigenvalue weighted by Gasteiger charge is 2.19. The van der Waals surface area contributed by atoms with Crippen molar-refractivity contribution in [3.05, 3.63) is 42.2 Å². The lowest BCUT2D eigenvalue weighted by Gasteiger charge is -2.24. The predicted octanol–water partition coefficient (Wildman–Crippen LogP) is 2.13. The topological polar surface area (TPSA) is 104 Å². The van der Waals surface area contributed by atoms with Gasteiger partial charge in [-0.25, -0.2) is 8.42 Å². The van der Waals surface area contributed by atoms with Crippen molar-refractivity contribution in [2.45, 2.75) is 37.6 Å². The summed E-state index contributed by atoms with van der Waals surface area (Å²) in [7, 11) is -3.68. The van der Waals surface area contributed by atoms with E-state index in [1.165, 1.54) is 12.4 Å². The molecule has 0 aliphatic heterocycles. The molecule has 0 radical (unpaired) electrons. The van der Waals surface area contributed by atoms with Crippen LogP contribution in [0.4, 0.5) is 5.69 Å². The zero-order chi connectivity index (χ0) is 17.1. The van der Waals surface area contributed by atoms with Crippen LogP contribution in [0.3, 0.4) is 0 Å². The van der Waals surface area contributed by atoms with E-state index in [1.54, 1.807) is 24.3 Å². The number of nitrogens with zero attached hydrogens (tertiary/aromatic N) is 1. The summed E-state index contributed by atoms with van der Waals surface area (Å²) in [6.45, 7) is 5.88. The van der Waals surface area contributed by atoms with Gasteiger partial charge in [-0.1, -0.05) is 6.92 Å².